The van der Waals surface area contributed by atoms with E-state index in [1.807, 2.05) is 48.5 Å². The van der Waals surface area contributed by atoms with Crippen LogP contribution in [0.2, 0.25) is 5.02 Å². The third-order valence-corrected chi connectivity index (χ3v) is 6.60. The highest BCUT2D eigenvalue weighted by Gasteiger charge is 2.26. The van der Waals surface area contributed by atoms with Crippen LogP contribution in [0.3, 0.4) is 0 Å². The molecule has 1 saturated carbocycles. The molecule has 1 aromatic heterocycles. The zero-order valence-electron chi connectivity index (χ0n) is 16.9. The normalized spacial score (nSPS) is 13.8. The van der Waals surface area contributed by atoms with Crippen molar-refractivity contribution in [1.82, 2.24) is 14.8 Å². The standard InChI is InChI=1S/C23H22ClN5OS/c24-20-8-4-3-7-19(20)22-27-28-23(29(22)18-5-1-2-6-18)31-15-21(30)26-17-11-9-16(10-12-17)13-14-25/h3-4,7-12,18H,1-2,5-6,13,15H2,(H,26,30). The van der Waals surface area contributed by atoms with Crippen LogP contribution in [0.25, 0.3) is 11.4 Å². The molecule has 0 aliphatic heterocycles. The highest BCUT2D eigenvalue weighted by molar-refractivity contribution is 7.99. The van der Waals surface area contributed by atoms with Crippen molar-refractivity contribution in [1.29, 1.82) is 5.26 Å². The van der Waals surface area contributed by atoms with E-state index >= 15 is 0 Å². The lowest BCUT2D eigenvalue weighted by atomic mass is 10.1. The smallest absolute Gasteiger partial charge is 0.234 e. The van der Waals surface area contributed by atoms with Crippen molar-refractivity contribution in [3.63, 3.8) is 0 Å². The van der Waals surface area contributed by atoms with Gasteiger partial charge >= 0.3 is 0 Å². The van der Waals surface area contributed by atoms with Gasteiger partial charge in [-0.3, -0.25) is 9.36 Å². The summed E-state index contributed by atoms with van der Waals surface area (Å²) < 4.78 is 2.16. The summed E-state index contributed by atoms with van der Waals surface area (Å²) in [5.41, 5.74) is 2.49. The van der Waals surface area contributed by atoms with Crippen molar-refractivity contribution in [3.05, 3.63) is 59.1 Å². The molecule has 0 spiro atoms. The number of carbonyl (C=O) groups excluding carboxylic acids is 1. The van der Waals surface area contributed by atoms with Gasteiger partial charge in [0.25, 0.3) is 0 Å². The molecule has 1 amide bonds. The van der Waals surface area contributed by atoms with Crippen LogP contribution in [0.1, 0.15) is 37.3 Å². The third-order valence-electron chi connectivity index (χ3n) is 5.32. The van der Waals surface area contributed by atoms with Crippen molar-refractivity contribution in [3.8, 4) is 17.5 Å². The van der Waals surface area contributed by atoms with E-state index in [-0.39, 0.29) is 11.7 Å². The van der Waals surface area contributed by atoms with E-state index in [0.717, 1.165) is 34.9 Å². The number of anilines is 1. The second-order valence-electron chi connectivity index (χ2n) is 7.46. The number of carbonyl (C=O) groups is 1. The molecule has 0 atom stereocenters. The largest absolute Gasteiger partial charge is 0.325 e. The van der Waals surface area contributed by atoms with Gasteiger partial charge in [0.1, 0.15) is 0 Å². The number of thioether (sulfide) groups is 1. The van der Waals surface area contributed by atoms with Gasteiger partial charge in [-0.15, -0.1) is 10.2 Å². The number of benzene rings is 2. The van der Waals surface area contributed by atoms with Gasteiger partial charge < -0.3 is 5.32 Å². The maximum Gasteiger partial charge on any atom is 0.234 e. The fourth-order valence-electron chi connectivity index (χ4n) is 3.82. The first-order chi connectivity index (χ1) is 15.2. The van der Waals surface area contributed by atoms with Gasteiger partial charge in [-0.1, -0.05) is 60.5 Å². The molecule has 158 valence electrons. The zero-order valence-corrected chi connectivity index (χ0v) is 18.5. The van der Waals surface area contributed by atoms with Crippen LogP contribution in [0, 0.1) is 11.3 Å². The number of aromatic nitrogens is 3. The Balaban J connectivity index is 1.48. The van der Waals surface area contributed by atoms with E-state index in [9.17, 15) is 4.79 Å². The molecule has 0 unspecified atom stereocenters. The predicted molar refractivity (Wildman–Crippen MR) is 123 cm³/mol. The quantitative estimate of drug-likeness (QED) is 0.479. The maximum atomic E-state index is 12.5. The average Bonchev–Trinajstić information content (AvgIpc) is 3.44. The lowest BCUT2D eigenvalue weighted by molar-refractivity contribution is -0.113. The van der Waals surface area contributed by atoms with E-state index in [1.165, 1.54) is 24.6 Å². The van der Waals surface area contributed by atoms with Crippen LogP contribution in [-0.2, 0) is 11.2 Å². The number of nitriles is 1. The number of hydrogen-bond donors (Lipinski definition) is 1. The minimum atomic E-state index is -0.113. The van der Waals surface area contributed by atoms with Gasteiger partial charge in [-0.25, -0.2) is 0 Å². The number of nitrogens with zero attached hydrogens (tertiary/aromatic N) is 4. The summed E-state index contributed by atoms with van der Waals surface area (Å²) >= 11 is 7.81. The van der Waals surface area contributed by atoms with Crippen molar-refractivity contribution in [2.45, 2.75) is 43.3 Å². The average molecular weight is 452 g/mol. The molecule has 4 rings (SSSR count). The van der Waals surface area contributed by atoms with Gasteiger partial charge in [-0.05, 0) is 42.7 Å². The molecule has 1 fully saturated rings. The van der Waals surface area contributed by atoms with Gasteiger partial charge in [0.05, 0.1) is 23.3 Å². The molecular formula is C23H22ClN5OS. The van der Waals surface area contributed by atoms with Gasteiger partial charge in [0.2, 0.25) is 5.91 Å². The number of hydrogen-bond acceptors (Lipinski definition) is 5. The van der Waals surface area contributed by atoms with Crippen LogP contribution in [0.15, 0.2) is 53.7 Å². The minimum absolute atomic E-state index is 0.113. The predicted octanol–water partition coefficient (Wildman–Crippen LogP) is 5.51. The van der Waals surface area contributed by atoms with Crippen LogP contribution in [0.5, 0.6) is 0 Å². The number of amides is 1. The van der Waals surface area contributed by atoms with Crippen molar-refractivity contribution >= 4 is 35.0 Å². The second-order valence-corrected chi connectivity index (χ2v) is 8.81. The molecule has 3 aromatic rings. The minimum Gasteiger partial charge on any atom is -0.325 e. The molecule has 0 saturated heterocycles. The molecule has 6 nitrogen and oxygen atoms in total. The molecule has 0 radical (unpaired) electrons. The van der Waals surface area contributed by atoms with Crippen LogP contribution in [-0.4, -0.2) is 26.4 Å². The maximum absolute atomic E-state index is 12.5. The van der Waals surface area contributed by atoms with E-state index in [1.54, 1.807) is 0 Å². The Morgan fingerprint density at radius 2 is 1.90 bits per heavy atom. The van der Waals surface area contributed by atoms with E-state index < -0.39 is 0 Å². The summed E-state index contributed by atoms with van der Waals surface area (Å²) in [7, 11) is 0. The Bertz CT molecular complexity index is 1100. The summed E-state index contributed by atoms with van der Waals surface area (Å²) in [6.45, 7) is 0. The molecule has 8 heteroatoms. The fourth-order valence-corrected chi connectivity index (χ4v) is 4.84. The highest BCUT2D eigenvalue weighted by Crippen LogP contribution is 2.38. The second kappa shape index (κ2) is 9.99. The Kier molecular flexibility index (Phi) is 6.90. The lowest BCUT2D eigenvalue weighted by Crippen LogP contribution is -2.15. The Morgan fingerprint density at radius 3 is 2.61 bits per heavy atom. The van der Waals surface area contributed by atoms with Crippen molar-refractivity contribution in [2.75, 3.05) is 11.1 Å². The van der Waals surface area contributed by atoms with E-state index in [0.29, 0.717) is 23.2 Å². The Labute approximate surface area is 190 Å². The summed E-state index contributed by atoms with van der Waals surface area (Å²) in [4.78, 5) is 12.5. The van der Waals surface area contributed by atoms with Crippen LogP contribution >= 0.6 is 23.4 Å². The highest BCUT2D eigenvalue weighted by atomic mass is 35.5. The monoisotopic (exact) mass is 451 g/mol. The van der Waals surface area contributed by atoms with Gasteiger partial charge in [0, 0.05) is 17.3 Å². The van der Waals surface area contributed by atoms with Gasteiger partial charge in [0.15, 0.2) is 11.0 Å². The molecule has 1 aliphatic rings. The number of halogens is 1. The molecule has 0 bridgehead atoms. The molecule has 1 N–H and O–H groups in total. The number of nitrogens with one attached hydrogen (secondary N) is 1. The molecule has 31 heavy (non-hydrogen) atoms. The molecule has 2 aromatic carbocycles. The first kappa shape index (κ1) is 21.4. The SMILES string of the molecule is N#CCc1ccc(NC(=O)CSc2nnc(-c3ccccc3Cl)n2C2CCCC2)cc1. The topological polar surface area (TPSA) is 83.6 Å². The third kappa shape index (κ3) is 5.09. The molecular weight excluding hydrogens is 430 g/mol. The molecule has 1 heterocycles. The summed E-state index contributed by atoms with van der Waals surface area (Å²) in [5, 5.41) is 21.9. The molecule has 1 aliphatic carbocycles. The summed E-state index contributed by atoms with van der Waals surface area (Å²) in [6.07, 6.45) is 4.86. The Morgan fingerprint density at radius 1 is 1.16 bits per heavy atom. The number of rotatable bonds is 7. The fraction of sp³-hybridized carbons (Fsp3) is 0.304. The Hall–Kier alpha value is -2.82. The lowest BCUT2D eigenvalue weighted by Gasteiger charge is -2.17. The van der Waals surface area contributed by atoms with E-state index in [2.05, 4.69) is 26.2 Å². The van der Waals surface area contributed by atoms with Gasteiger partial charge in [-0.2, -0.15) is 5.26 Å². The zero-order chi connectivity index (χ0) is 21.6. The summed E-state index contributed by atoms with van der Waals surface area (Å²) in [5.74, 6) is 0.875. The van der Waals surface area contributed by atoms with E-state index in [4.69, 9.17) is 16.9 Å². The first-order valence-corrected chi connectivity index (χ1v) is 11.6. The van der Waals surface area contributed by atoms with Crippen molar-refractivity contribution in [2.24, 2.45) is 0 Å². The van der Waals surface area contributed by atoms with Crippen molar-refractivity contribution < 1.29 is 4.79 Å². The van der Waals surface area contributed by atoms with Crippen LogP contribution in [0.4, 0.5) is 5.69 Å². The van der Waals surface area contributed by atoms with Crippen LogP contribution < -0.4 is 5.32 Å². The summed E-state index contributed by atoms with van der Waals surface area (Å²) in [6, 6.07) is 17.4. The first-order valence-electron chi connectivity index (χ1n) is 10.2.